The lowest BCUT2D eigenvalue weighted by Gasteiger charge is -2.09. The van der Waals surface area contributed by atoms with Gasteiger partial charge in [-0.1, -0.05) is 13.3 Å². The fourth-order valence-corrected chi connectivity index (χ4v) is 0.611. The van der Waals surface area contributed by atoms with Crippen molar-refractivity contribution in [1.82, 2.24) is 4.90 Å². The maximum absolute atomic E-state index is 10.6. The van der Waals surface area contributed by atoms with Gasteiger partial charge in [0, 0.05) is 6.54 Å². The number of hydrogen-bond donors (Lipinski definition) is 0. The minimum absolute atomic E-state index is 0.143. The molecule has 0 aromatic carbocycles. The van der Waals surface area contributed by atoms with Crippen LogP contribution in [0.4, 0.5) is 0 Å². The summed E-state index contributed by atoms with van der Waals surface area (Å²) in [5.74, 6) is -0.770. The van der Waals surface area contributed by atoms with Gasteiger partial charge in [0.15, 0.2) is 0 Å². The van der Waals surface area contributed by atoms with E-state index >= 15 is 0 Å². The van der Waals surface area contributed by atoms with Crippen molar-refractivity contribution in [2.24, 2.45) is 0 Å². The largest absolute Gasteiger partial charge is 0.293 e. The molecule has 4 heteroatoms. The summed E-state index contributed by atoms with van der Waals surface area (Å²) in [5, 5.41) is 0. The maximum Gasteiger partial charge on any atom is 0.293 e. The highest BCUT2D eigenvalue weighted by molar-refractivity contribution is 6.25. The van der Waals surface area contributed by atoms with E-state index in [2.05, 4.69) is 0 Å². The van der Waals surface area contributed by atoms with Crippen molar-refractivity contribution in [2.45, 2.75) is 19.8 Å². The molecule has 0 aromatic heterocycles. The van der Waals surface area contributed by atoms with E-state index < -0.39 is 5.91 Å². The van der Waals surface area contributed by atoms with Crippen LogP contribution in [0.15, 0.2) is 0 Å². The molecule has 2 amide bonds. The van der Waals surface area contributed by atoms with Crippen LogP contribution in [0.1, 0.15) is 19.8 Å². The van der Waals surface area contributed by atoms with Gasteiger partial charge in [-0.15, -0.1) is 0 Å². The molecule has 0 aromatic rings. The quantitative estimate of drug-likeness (QED) is 0.416. The SMILES string of the molecule is CCCCN(C=O)C(=O)C=O. The molecule has 0 saturated carbocycles. The number of carbonyl (C=O) groups excluding carboxylic acids is 3. The topological polar surface area (TPSA) is 54.5 Å². The minimum Gasteiger partial charge on any atom is -0.292 e. The van der Waals surface area contributed by atoms with Gasteiger partial charge in [0.1, 0.15) is 0 Å². The van der Waals surface area contributed by atoms with Gasteiger partial charge in [-0.05, 0) is 6.42 Å². The van der Waals surface area contributed by atoms with Crippen molar-refractivity contribution in [3.05, 3.63) is 0 Å². The van der Waals surface area contributed by atoms with Gasteiger partial charge < -0.3 is 0 Å². The molecule has 11 heavy (non-hydrogen) atoms. The molecule has 0 fully saturated rings. The molecular weight excluding hydrogens is 146 g/mol. The summed E-state index contributed by atoms with van der Waals surface area (Å²) in [5.41, 5.74) is 0. The van der Waals surface area contributed by atoms with Crippen LogP contribution in [0.5, 0.6) is 0 Å². The Hall–Kier alpha value is -1.19. The van der Waals surface area contributed by atoms with E-state index in [0.29, 0.717) is 13.0 Å². The first-order valence-corrected chi connectivity index (χ1v) is 3.47. The lowest BCUT2D eigenvalue weighted by molar-refractivity contribution is -0.143. The van der Waals surface area contributed by atoms with Gasteiger partial charge in [0.2, 0.25) is 12.7 Å². The Morgan fingerprint density at radius 1 is 1.45 bits per heavy atom. The highest BCUT2D eigenvalue weighted by Crippen LogP contribution is 1.90. The van der Waals surface area contributed by atoms with Crippen LogP contribution < -0.4 is 0 Å². The summed E-state index contributed by atoms with van der Waals surface area (Å²) >= 11 is 0. The molecule has 0 saturated heterocycles. The first-order valence-electron chi connectivity index (χ1n) is 3.47. The maximum atomic E-state index is 10.6. The molecule has 0 unspecified atom stereocenters. The molecule has 0 aliphatic carbocycles. The Balaban J connectivity index is 3.84. The highest BCUT2D eigenvalue weighted by atomic mass is 16.2. The fourth-order valence-electron chi connectivity index (χ4n) is 0.611. The zero-order valence-corrected chi connectivity index (χ0v) is 6.45. The van der Waals surface area contributed by atoms with E-state index in [1.165, 1.54) is 0 Å². The second kappa shape index (κ2) is 5.58. The first-order chi connectivity index (χ1) is 5.26. The molecule has 0 rings (SSSR count). The van der Waals surface area contributed by atoms with Gasteiger partial charge >= 0.3 is 0 Å². The first kappa shape index (κ1) is 9.81. The third kappa shape index (κ3) is 3.50. The van der Waals surface area contributed by atoms with Crippen LogP contribution in [-0.4, -0.2) is 30.0 Å². The van der Waals surface area contributed by atoms with Crippen LogP contribution in [0.2, 0.25) is 0 Å². The molecule has 0 aliphatic heterocycles. The number of nitrogens with zero attached hydrogens (tertiary/aromatic N) is 1. The number of carbonyl (C=O) groups is 3. The van der Waals surface area contributed by atoms with Crippen LogP contribution >= 0.6 is 0 Å². The molecule has 0 radical (unpaired) electrons. The van der Waals surface area contributed by atoms with Crippen LogP contribution in [0, 0.1) is 0 Å². The predicted octanol–water partition coefficient (Wildman–Crippen LogP) is -0.0296. The molecule has 0 aliphatic rings. The van der Waals surface area contributed by atoms with Crippen LogP contribution in [0.3, 0.4) is 0 Å². The fraction of sp³-hybridized carbons (Fsp3) is 0.571. The summed E-state index contributed by atoms with van der Waals surface area (Å²) in [4.78, 5) is 31.5. The van der Waals surface area contributed by atoms with Crippen LogP contribution in [-0.2, 0) is 14.4 Å². The zero-order valence-electron chi connectivity index (χ0n) is 6.45. The number of unbranched alkanes of at least 4 members (excludes halogenated alkanes) is 1. The summed E-state index contributed by atoms with van der Waals surface area (Å²) in [6, 6.07) is 0. The smallest absolute Gasteiger partial charge is 0.292 e. The van der Waals surface area contributed by atoms with Crippen molar-refractivity contribution in [1.29, 1.82) is 0 Å². The summed E-state index contributed by atoms with van der Waals surface area (Å²) in [7, 11) is 0. The molecule has 0 spiro atoms. The van der Waals surface area contributed by atoms with E-state index in [1.54, 1.807) is 0 Å². The van der Waals surface area contributed by atoms with Gasteiger partial charge in [-0.3, -0.25) is 19.3 Å². The Labute approximate surface area is 65.2 Å². The van der Waals surface area contributed by atoms with Crippen molar-refractivity contribution in [3.63, 3.8) is 0 Å². The Bertz CT molecular complexity index is 156. The van der Waals surface area contributed by atoms with Crippen LogP contribution in [0.25, 0.3) is 0 Å². The monoisotopic (exact) mass is 157 g/mol. The molecule has 4 nitrogen and oxygen atoms in total. The average Bonchev–Trinajstić information content (AvgIpc) is 2.05. The molecule has 0 N–H and O–H groups in total. The van der Waals surface area contributed by atoms with Crippen molar-refractivity contribution >= 4 is 18.6 Å². The third-order valence-electron chi connectivity index (χ3n) is 1.26. The summed E-state index contributed by atoms with van der Waals surface area (Å²) in [6.07, 6.45) is 2.14. The number of imide groups is 1. The van der Waals surface area contributed by atoms with Crippen molar-refractivity contribution in [3.8, 4) is 0 Å². The predicted molar refractivity (Wildman–Crippen MR) is 38.7 cm³/mol. The Morgan fingerprint density at radius 2 is 2.09 bits per heavy atom. The van der Waals surface area contributed by atoms with E-state index in [-0.39, 0.29) is 6.29 Å². The van der Waals surface area contributed by atoms with Gasteiger partial charge in [0.25, 0.3) is 5.91 Å². The van der Waals surface area contributed by atoms with E-state index in [1.807, 2.05) is 6.92 Å². The standard InChI is InChI=1S/C7H11NO3/c1-2-3-4-8(6-10)7(11)5-9/h5-6H,2-4H2,1H3. The minimum atomic E-state index is -0.770. The van der Waals surface area contributed by atoms with Crippen molar-refractivity contribution < 1.29 is 14.4 Å². The van der Waals surface area contributed by atoms with E-state index in [9.17, 15) is 14.4 Å². The van der Waals surface area contributed by atoms with Crippen molar-refractivity contribution in [2.75, 3.05) is 6.54 Å². The zero-order chi connectivity index (χ0) is 8.69. The number of hydrogen-bond acceptors (Lipinski definition) is 3. The summed E-state index contributed by atoms with van der Waals surface area (Å²) in [6.45, 7) is 2.27. The molecule has 0 heterocycles. The van der Waals surface area contributed by atoms with Gasteiger partial charge in [-0.2, -0.15) is 0 Å². The molecular formula is C7H11NO3. The van der Waals surface area contributed by atoms with E-state index in [4.69, 9.17) is 0 Å². The highest BCUT2D eigenvalue weighted by Gasteiger charge is 2.08. The van der Waals surface area contributed by atoms with Gasteiger partial charge in [0.05, 0.1) is 0 Å². The summed E-state index contributed by atoms with van der Waals surface area (Å²) < 4.78 is 0. The number of amides is 2. The number of aldehydes is 1. The second-order valence-corrected chi connectivity index (χ2v) is 2.11. The molecule has 0 atom stereocenters. The van der Waals surface area contributed by atoms with E-state index in [0.717, 1.165) is 17.7 Å². The lowest BCUT2D eigenvalue weighted by atomic mass is 10.3. The number of rotatable bonds is 5. The normalized spacial score (nSPS) is 8.82. The third-order valence-corrected chi connectivity index (χ3v) is 1.26. The second-order valence-electron chi connectivity index (χ2n) is 2.11. The van der Waals surface area contributed by atoms with Gasteiger partial charge in [-0.25, -0.2) is 0 Å². The lowest BCUT2D eigenvalue weighted by Crippen LogP contribution is -2.31. The molecule has 0 bridgehead atoms. The Kier molecular flexibility index (Phi) is 4.98. The Morgan fingerprint density at radius 3 is 2.45 bits per heavy atom. The molecule has 62 valence electrons. The average molecular weight is 157 g/mol.